The maximum atomic E-state index is 2.78. The minimum Gasteiger partial charge on any atom is -0.0981 e. The highest BCUT2D eigenvalue weighted by Gasteiger charge is 2.42. The van der Waals surface area contributed by atoms with E-state index in [1.807, 2.05) is 0 Å². The number of rotatable bonds is 6. The van der Waals surface area contributed by atoms with Gasteiger partial charge in [0.1, 0.15) is 16.1 Å². The van der Waals surface area contributed by atoms with E-state index in [9.17, 15) is 0 Å². The SMILES string of the molecule is C[Si](C)(C)/C(=C\[Si](C)(C)c1ccccc1)[Si](C)(c1ccccc1)c1ccccc1. The van der Waals surface area contributed by atoms with Gasteiger partial charge in [-0.05, 0) is 0 Å². The molecule has 0 aliphatic heterocycles. The molecule has 0 nitrogen and oxygen atoms in total. The summed E-state index contributed by atoms with van der Waals surface area (Å²) in [6, 6.07) is 33.8. The van der Waals surface area contributed by atoms with Crippen LogP contribution in [0.1, 0.15) is 0 Å². The van der Waals surface area contributed by atoms with E-state index in [1.165, 1.54) is 15.6 Å². The van der Waals surface area contributed by atoms with Crippen molar-refractivity contribution >= 4 is 39.8 Å². The molecule has 0 aliphatic rings. The summed E-state index contributed by atoms with van der Waals surface area (Å²) in [6.45, 7) is 15.2. The zero-order valence-corrected chi connectivity index (χ0v) is 21.7. The number of hydrogen-bond acceptors (Lipinski definition) is 0. The third-order valence-electron chi connectivity index (χ3n) is 6.07. The Morgan fingerprint density at radius 2 is 0.862 bits per heavy atom. The smallest absolute Gasteiger partial charge is 0.0981 e. The molecule has 29 heavy (non-hydrogen) atoms. The van der Waals surface area contributed by atoms with Crippen LogP contribution in [0.4, 0.5) is 0 Å². The van der Waals surface area contributed by atoms with Crippen molar-refractivity contribution in [2.24, 2.45) is 0 Å². The maximum Gasteiger partial charge on any atom is 0.137 e. The van der Waals surface area contributed by atoms with Crippen molar-refractivity contribution < 1.29 is 0 Å². The fourth-order valence-corrected chi connectivity index (χ4v) is 21.0. The largest absolute Gasteiger partial charge is 0.137 e. The van der Waals surface area contributed by atoms with Gasteiger partial charge in [-0.1, -0.05) is 156 Å². The van der Waals surface area contributed by atoms with E-state index in [-0.39, 0.29) is 0 Å². The van der Waals surface area contributed by atoms with Crippen molar-refractivity contribution in [3.63, 3.8) is 0 Å². The molecule has 0 radical (unpaired) electrons. The van der Waals surface area contributed by atoms with Crippen LogP contribution in [0, 0.1) is 0 Å². The van der Waals surface area contributed by atoms with Crippen LogP contribution in [0.25, 0.3) is 0 Å². The highest BCUT2D eigenvalue weighted by molar-refractivity contribution is 7.18. The van der Waals surface area contributed by atoms with Crippen LogP contribution in [0.2, 0.25) is 39.3 Å². The molecule has 0 fully saturated rings. The van der Waals surface area contributed by atoms with Gasteiger partial charge >= 0.3 is 0 Å². The van der Waals surface area contributed by atoms with Crippen molar-refractivity contribution in [2.75, 3.05) is 0 Å². The fraction of sp³-hybridized carbons (Fsp3) is 0.231. The van der Waals surface area contributed by atoms with E-state index < -0.39 is 24.2 Å². The third kappa shape index (κ3) is 4.63. The summed E-state index contributed by atoms with van der Waals surface area (Å²) in [7, 11) is -5.34. The quantitative estimate of drug-likeness (QED) is 0.461. The predicted octanol–water partition coefficient (Wildman–Crippen LogP) is 5.38. The molecule has 0 spiro atoms. The highest BCUT2D eigenvalue weighted by atomic mass is 28.4. The molecular weight excluding hydrogens is 397 g/mol. The Bertz CT molecular complexity index is 914. The summed E-state index contributed by atoms with van der Waals surface area (Å²) in [5.41, 5.74) is 2.78. The third-order valence-corrected chi connectivity index (χ3v) is 19.2. The normalized spacial score (nSPS) is 13.4. The monoisotopic (exact) mass is 430 g/mol. The Hall–Kier alpha value is -1.95. The molecule has 3 rings (SSSR count). The van der Waals surface area contributed by atoms with Crippen LogP contribution in [-0.2, 0) is 0 Å². The van der Waals surface area contributed by atoms with Gasteiger partial charge in [0.25, 0.3) is 0 Å². The average molecular weight is 431 g/mol. The lowest BCUT2D eigenvalue weighted by atomic mass is 10.4. The van der Waals surface area contributed by atoms with Gasteiger partial charge < -0.3 is 0 Å². The van der Waals surface area contributed by atoms with E-state index in [0.717, 1.165) is 0 Å². The van der Waals surface area contributed by atoms with Gasteiger partial charge in [0, 0.05) is 0 Å². The second-order valence-electron chi connectivity index (χ2n) is 9.75. The van der Waals surface area contributed by atoms with E-state index in [2.05, 4.69) is 136 Å². The molecule has 0 N–H and O–H groups in total. The Labute approximate surface area is 180 Å². The minimum atomic E-state index is -2.05. The van der Waals surface area contributed by atoms with Gasteiger partial charge in [-0.2, -0.15) is 0 Å². The molecule has 3 aromatic rings. The number of benzene rings is 3. The first-order valence-electron chi connectivity index (χ1n) is 10.6. The number of hydrogen-bond donors (Lipinski definition) is 0. The topological polar surface area (TPSA) is 0 Å². The van der Waals surface area contributed by atoms with Crippen molar-refractivity contribution in [1.29, 1.82) is 0 Å². The molecule has 0 atom stereocenters. The highest BCUT2D eigenvalue weighted by Crippen LogP contribution is 2.28. The van der Waals surface area contributed by atoms with Gasteiger partial charge in [0.2, 0.25) is 0 Å². The van der Waals surface area contributed by atoms with Crippen molar-refractivity contribution in [1.82, 2.24) is 0 Å². The molecular formula is C26H34Si3. The molecule has 0 aliphatic carbocycles. The fourth-order valence-electron chi connectivity index (χ4n) is 4.44. The van der Waals surface area contributed by atoms with E-state index in [0.29, 0.717) is 0 Å². The Kier molecular flexibility index (Phi) is 6.32. The van der Waals surface area contributed by atoms with Gasteiger partial charge in [-0.15, -0.1) is 0 Å². The van der Waals surface area contributed by atoms with Crippen LogP contribution < -0.4 is 15.6 Å². The molecule has 0 bridgehead atoms. The lowest BCUT2D eigenvalue weighted by molar-refractivity contribution is 1.62. The summed E-state index contributed by atoms with van der Waals surface area (Å²) >= 11 is 0. The Morgan fingerprint density at radius 3 is 1.21 bits per heavy atom. The second-order valence-corrected chi connectivity index (χ2v) is 23.5. The van der Waals surface area contributed by atoms with Crippen LogP contribution in [0.15, 0.2) is 102 Å². The van der Waals surface area contributed by atoms with E-state index in [4.69, 9.17) is 0 Å². The maximum absolute atomic E-state index is 2.78. The minimum absolute atomic E-state index is 1.52. The summed E-state index contributed by atoms with van der Waals surface area (Å²) in [4.78, 5) is 1.78. The zero-order valence-electron chi connectivity index (χ0n) is 18.7. The van der Waals surface area contributed by atoms with Crippen molar-refractivity contribution in [3.8, 4) is 0 Å². The van der Waals surface area contributed by atoms with Crippen molar-refractivity contribution in [3.05, 3.63) is 102 Å². The lowest BCUT2D eigenvalue weighted by Gasteiger charge is -2.40. The van der Waals surface area contributed by atoms with E-state index >= 15 is 0 Å². The van der Waals surface area contributed by atoms with Crippen molar-refractivity contribution in [2.45, 2.75) is 39.3 Å². The molecule has 0 saturated heterocycles. The molecule has 0 saturated carbocycles. The van der Waals surface area contributed by atoms with Crippen LogP contribution in [-0.4, -0.2) is 24.2 Å². The molecule has 0 amide bonds. The van der Waals surface area contributed by atoms with Gasteiger partial charge in [-0.25, -0.2) is 0 Å². The van der Waals surface area contributed by atoms with Gasteiger partial charge in [-0.3, -0.25) is 0 Å². The first-order chi connectivity index (χ1) is 13.7. The first kappa shape index (κ1) is 21.8. The summed E-state index contributed by atoms with van der Waals surface area (Å²) in [5, 5.41) is 4.57. The van der Waals surface area contributed by atoms with Crippen LogP contribution in [0.5, 0.6) is 0 Å². The lowest BCUT2D eigenvalue weighted by Crippen LogP contribution is -2.63. The Morgan fingerprint density at radius 1 is 0.517 bits per heavy atom. The Balaban J connectivity index is 2.30. The zero-order chi connectivity index (χ0) is 21.1. The molecule has 0 unspecified atom stereocenters. The standard InChI is InChI=1S/C26H34Si3/c1-27(2,3)26(22-28(4,5)23-16-10-7-11-17-23)29(6,24-18-12-8-13-19-24)25-20-14-9-15-21-25/h7-22H,1-6H3/b26-22+. The van der Waals surface area contributed by atoms with Gasteiger partial charge in [0.05, 0.1) is 8.07 Å². The van der Waals surface area contributed by atoms with Gasteiger partial charge in [0.15, 0.2) is 0 Å². The second kappa shape index (κ2) is 8.42. The van der Waals surface area contributed by atoms with Crippen LogP contribution in [0.3, 0.4) is 0 Å². The summed E-state index contributed by atoms with van der Waals surface area (Å²) in [6.07, 6.45) is 0. The average Bonchev–Trinajstić information content (AvgIpc) is 2.73. The van der Waals surface area contributed by atoms with E-state index in [1.54, 1.807) is 4.82 Å². The molecule has 0 aromatic heterocycles. The van der Waals surface area contributed by atoms with Crippen LogP contribution >= 0.6 is 0 Å². The summed E-state index contributed by atoms with van der Waals surface area (Å²) in [5.74, 6) is 0. The molecule has 150 valence electrons. The summed E-state index contributed by atoms with van der Waals surface area (Å²) < 4.78 is 0. The molecule has 3 heteroatoms. The first-order valence-corrected chi connectivity index (χ1v) is 19.6. The predicted molar refractivity (Wildman–Crippen MR) is 139 cm³/mol. The molecule has 3 aromatic carbocycles. The molecule has 0 heterocycles.